The largest absolute Gasteiger partial charge is 0.374 e. The van der Waals surface area contributed by atoms with Crippen molar-refractivity contribution in [2.24, 2.45) is 23.5 Å². The molecule has 0 aromatic carbocycles. The van der Waals surface area contributed by atoms with E-state index in [2.05, 4.69) is 4.90 Å². The van der Waals surface area contributed by atoms with Crippen molar-refractivity contribution >= 4 is 18.3 Å². The van der Waals surface area contributed by atoms with Gasteiger partial charge in [0.1, 0.15) is 0 Å². The number of rotatable bonds is 1. The lowest BCUT2D eigenvalue weighted by Crippen LogP contribution is -2.58. The first-order valence-electron chi connectivity index (χ1n) is 9.41. The number of fused-ring (bicyclic) bond motifs is 3. The minimum absolute atomic E-state index is 0. The van der Waals surface area contributed by atoms with Crippen molar-refractivity contribution in [1.82, 2.24) is 4.90 Å². The standard InChI is InChI=1S/C18H30N2O2.ClH/c19-17-12-4-3-5-13(17)11-14(10-12)18(21)20-8-9-22-16-7-2-1-6-15(16)20;/h12-17H,1-11,19H2;1H. The van der Waals surface area contributed by atoms with Gasteiger partial charge in [-0.25, -0.2) is 0 Å². The third-order valence-electron chi connectivity index (χ3n) is 6.78. The van der Waals surface area contributed by atoms with Crippen LogP contribution in [0.15, 0.2) is 0 Å². The van der Waals surface area contributed by atoms with Gasteiger partial charge in [0.05, 0.1) is 18.8 Å². The van der Waals surface area contributed by atoms with Crippen LogP contribution in [0.2, 0.25) is 0 Å². The third-order valence-corrected chi connectivity index (χ3v) is 6.78. The Morgan fingerprint density at radius 2 is 1.70 bits per heavy atom. The first-order chi connectivity index (χ1) is 10.7. The molecule has 0 radical (unpaired) electrons. The third kappa shape index (κ3) is 3.27. The minimum atomic E-state index is 0. The maximum absolute atomic E-state index is 13.2. The van der Waals surface area contributed by atoms with Crippen LogP contribution in [0.25, 0.3) is 0 Å². The van der Waals surface area contributed by atoms with E-state index in [1.807, 2.05) is 0 Å². The molecule has 4 unspecified atom stereocenters. The normalized spacial score (nSPS) is 43.3. The van der Waals surface area contributed by atoms with Crippen LogP contribution in [0.4, 0.5) is 0 Å². The fourth-order valence-corrected chi connectivity index (χ4v) is 5.60. The highest BCUT2D eigenvalue weighted by molar-refractivity contribution is 5.85. The highest BCUT2D eigenvalue weighted by Gasteiger charge is 2.44. The number of ether oxygens (including phenoxy) is 1. The Morgan fingerprint density at radius 3 is 2.43 bits per heavy atom. The number of halogens is 1. The van der Waals surface area contributed by atoms with E-state index in [1.54, 1.807) is 0 Å². The molecular weight excluding hydrogens is 312 g/mol. The monoisotopic (exact) mass is 342 g/mol. The molecule has 0 aromatic rings. The fourth-order valence-electron chi connectivity index (χ4n) is 5.60. The zero-order valence-electron chi connectivity index (χ0n) is 14.0. The summed E-state index contributed by atoms with van der Waals surface area (Å²) in [6.07, 6.45) is 10.9. The van der Waals surface area contributed by atoms with Gasteiger partial charge in [-0.05, 0) is 50.4 Å². The van der Waals surface area contributed by atoms with Gasteiger partial charge in [-0.2, -0.15) is 0 Å². The molecule has 23 heavy (non-hydrogen) atoms. The molecule has 3 aliphatic carbocycles. The van der Waals surface area contributed by atoms with E-state index >= 15 is 0 Å². The molecule has 4 atom stereocenters. The summed E-state index contributed by atoms with van der Waals surface area (Å²) in [4.78, 5) is 15.4. The van der Waals surface area contributed by atoms with Crippen LogP contribution in [0, 0.1) is 17.8 Å². The van der Waals surface area contributed by atoms with E-state index in [4.69, 9.17) is 10.5 Å². The van der Waals surface area contributed by atoms with Crippen LogP contribution < -0.4 is 5.73 Å². The molecule has 132 valence electrons. The summed E-state index contributed by atoms with van der Waals surface area (Å²) < 4.78 is 5.93. The molecule has 5 heteroatoms. The molecule has 1 amide bonds. The van der Waals surface area contributed by atoms with Crippen LogP contribution in [-0.2, 0) is 9.53 Å². The van der Waals surface area contributed by atoms with E-state index in [0.29, 0.717) is 35.9 Å². The van der Waals surface area contributed by atoms with Crippen LogP contribution in [-0.4, -0.2) is 42.1 Å². The molecule has 4 fully saturated rings. The predicted octanol–water partition coefficient (Wildman–Crippen LogP) is 2.73. The van der Waals surface area contributed by atoms with Gasteiger partial charge in [-0.15, -0.1) is 12.4 Å². The van der Waals surface area contributed by atoms with Gasteiger partial charge >= 0.3 is 0 Å². The summed E-state index contributed by atoms with van der Waals surface area (Å²) in [6.45, 7) is 1.53. The Hall–Kier alpha value is -0.320. The molecule has 1 heterocycles. The molecule has 2 bridgehead atoms. The smallest absolute Gasteiger partial charge is 0.226 e. The van der Waals surface area contributed by atoms with Crippen molar-refractivity contribution < 1.29 is 9.53 Å². The number of amides is 1. The molecule has 4 rings (SSSR count). The molecule has 4 aliphatic rings. The first kappa shape index (κ1) is 17.5. The van der Waals surface area contributed by atoms with E-state index in [9.17, 15) is 4.79 Å². The van der Waals surface area contributed by atoms with E-state index < -0.39 is 0 Å². The number of carbonyl (C=O) groups excluding carboxylic acids is 1. The lowest BCUT2D eigenvalue weighted by Gasteiger charge is -2.48. The predicted molar refractivity (Wildman–Crippen MR) is 92.5 cm³/mol. The van der Waals surface area contributed by atoms with Crippen molar-refractivity contribution in [1.29, 1.82) is 0 Å². The number of nitrogens with two attached hydrogens (primary N) is 1. The molecular formula is C18H31ClN2O2. The summed E-state index contributed by atoms with van der Waals surface area (Å²) in [7, 11) is 0. The number of morpholine rings is 1. The van der Waals surface area contributed by atoms with Crippen molar-refractivity contribution in [3.8, 4) is 0 Å². The molecule has 1 saturated heterocycles. The Labute approximate surface area is 145 Å². The summed E-state index contributed by atoms with van der Waals surface area (Å²) >= 11 is 0. The maximum Gasteiger partial charge on any atom is 0.226 e. The van der Waals surface area contributed by atoms with E-state index in [1.165, 1.54) is 32.1 Å². The van der Waals surface area contributed by atoms with Crippen LogP contribution in [0.1, 0.15) is 57.8 Å². The van der Waals surface area contributed by atoms with Crippen LogP contribution in [0.3, 0.4) is 0 Å². The zero-order chi connectivity index (χ0) is 15.1. The molecule has 2 N–H and O–H groups in total. The lowest BCUT2D eigenvalue weighted by molar-refractivity contribution is -0.156. The van der Waals surface area contributed by atoms with Gasteiger partial charge in [-0.1, -0.05) is 19.3 Å². The summed E-state index contributed by atoms with van der Waals surface area (Å²) in [6, 6.07) is 0.704. The molecule has 3 saturated carbocycles. The fraction of sp³-hybridized carbons (Fsp3) is 0.944. The van der Waals surface area contributed by atoms with Gasteiger partial charge in [0, 0.05) is 18.5 Å². The second-order valence-electron chi connectivity index (χ2n) is 7.99. The number of hydrogen-bond acceptors (Lipinski definition) is 3. The minimum Gasteiger partial charge on any atom is -0.374 e. The number of carbonyl (C=O) groups is 1. The lowest BCUT2D eigenvalue weighted by atomic mass is 9.64. The Balaban J connectivity index is 0.00000156. The maximum atomic E-state index is 13.2. The van der Waals surface area contributed by atoms with Crippen molar-refractivity contribution in [3.05, 3.63) is 0 Å². The first-order valence-corrected chi connectivity index (χ1v) is 9.41. The van der Waals surface area contributed by atoms with Gasteiger partial charge in [0.25, 0.3) is 0 Å². The number of hydrogen-bond donors (Lipinski definition) is 1. The Morgan fingerprint density at radius 1 is 1.00 bits per heavy atom. The Bertz CT molecular complexity index is 417. The molecule has 0 aromatic heterocycles. The van der Waals surface area contributed by atoms with Gasteiger partial charge in [0.2, 0.25) is 5.91 Å². The SMILES string of the molecule is Cl.NC1C2CCCC1CC(C(=O)N1CCOC3CCCCC31)C2. The second-order valence-corrected chi connectivity index (χ2v) is 7.99. The summed E-state index contributed by atoms with van der Waals surface area (Å²) in [5.41, 5.74) is 6.39. The Kier molecular flexibility index (Phi) is 5.54. The van der Waals surface area contributed by atoms with Crippen molar-refractivity contribution in [3.63, 3.8) is 0 Å². The van der Waals surface area contributed by atoms with Crippen LogP contribution >= 0.6 is 12.4 Å². The van der Waals surface area contributed by atoms with Crippen molar-refractivity contribution in [2.45, 2.75) is 76.0 Å². The zero-order valence-corrected chi connectivity index (χ0v) is 14.8. The second kappa shape index (κ2) is 7.28. The average molecular weight is 343 g/mol. The highest BCUT2D eigenvalue weighted by Crippen LogP contribution is 2.43. The van der Waals surface area contributed by atoms with Crippen molar-refractivity contribution in [2.75, 3.05) is 13.2 Å². The summed E-state index contributed by atoms with van der Waals surface area (Å²) in [5.74, 6) is 1.83. The highest BCUT2D eigenvalue weighted by atomic mass is 35.5. The molecule has 1 aliphatic heterocycles. The van der Waals surface area contributed by atoms with E-state index in [0.717, 1.165) is 38.8 Å². The molecule has 4 nitrogen and oxygen atoms in total. The summed E-state index contributed by atoms with van der Waals surface area (Å²) in [5, 5.41) is 0. The quantitative estimate of drug-likeness (QED) is 0.797. The molecule has 0 spiro atoms. The topological polar surface area (TPSA) is 55.6 Å². The average Bonchev–Trinajstić information content (AvgIpc) is 2.53. The van der Waals surface area contributed by atoms with Gasteiger partial charge < -0.3 is 15.4 Å². The van der Waals surface area contributed by atoms with Crippen LogP contribution in [0.5, 0.6) is 0 Å². The van der Waals surface area contributed by atoms with Gasteiger partial charge in [0.15, 0.2) is 0 Å². The number of nitrogens with zero attached hydrogens (tertiary/aromatic N) is 1. The van der Waals surface area contributed by atoms with Gasteiger partial charge in [-0.3, -0.25) is 4.79 Å². The van der Waals surface area contributed by atoms with E-state index in [-0.39, 0.29) is 18.3 Å².